The van der Waals surface area contributed by atoms with Crippen molar-refractivity contribution in [2.75, 3.05) is 5.32 Å². The number of aryl methyl sites for hydroxylation is 2. The summed E-state index contributed by atoms with van der Waals surface area (Å²) < 4.78 is 0. The molecule has 0 spiro atoms. The Hall–Kier alpha value is -3.07. The minimum Gasteiger partial charge on any atom is -0.380 e. The first-order chi connectivity index (χ1) is 10.6. The number of nitrogens with one attached hydrogen (secondary N) is 3. The van der Waals surface area contributed by atoms with Crippen LogP contribution in [0, 0.1) is 25.2 Å². The zero-order chi connectivity index (χ0) is 15.7. The second-order valence-electron chi connectivity index (χ2n) is 5.20. The van der Waals surface area contributed by atoms with E-state index in [9.17, 15) is 10.1 Å². The summed E-state index contributed by atoms with van der Waals surface area (Å²) in [6, 6.07) is 9.75. The number of nitrogens with zero attached hydrogens (tertiary/aromatic N) is 2. The molecule has 2 heterocycles. The van der Waals surface area contributed by atoms with E-state index in [0.717, 1.165) is 33.7 Å². The van der Waals surface area contributed by atoms with Crippen molar-refractivity contribution in [3.63, 3.8) is 0 Å². The molecular formula is C16H15N5O. The average molecular weight is 293 g/mol. The molecule has 0 aliphatic rings. The summed E-state index contributed by atoms with van der Waals surface area (Å²) in [5, 5.41) is 12.5. The number of fused-ring (bicyclic) bond motifs is 1. The SMILES string of the molecule is Cc1cc(NCc2ccc3[nH]c(=O)[nH]c3c2)c(C#N)c(C)n1. The number of H-pyrrole nitrogens is 2. The van der Waals surface area contributed by atoms with Crippen LogP contribution in [-0.4, -0.2) is 15.0 Å². The summed E-state index contributed by atoms with van der Waals surface area (Å²) in [6.45, 7) is 4.28. The molecular weight excluding hydrogens is 278 g/mol. The number of aromatic amines is 2. The van der Waals surface area contributed by atoms with Gasteiger partial charge in [-0.2, -0.15) is 5.26 Å². The first-order valence-electron chi connectivity index (χ1n) is 6.90. The third-order valence-electron chi connectivity index (χ3n) is 3.50. The van der Waals surface area contributed by atoms with E-state index >= 15 is 0 Å². The number of nitriles is 1. The number of pyridine rings is 1. The Labute approximate surface area is 126 Å². The summed E-state index contributed by atoms with van der Waals surface area (Å²) in [5.74, 6) is 0. The number of hydrogen-bond donors (Lipinski definition) is 3. The molecule has 0 unspecified atom stereocenters. The van der Waals surface area contributed by atoms with Gasteiger partial charge in [0.05, 0.1) is 28.0 Å². The minimum atomic E-state index is -0.216. The average Bonchev–Trinajstić information content (AvgIpc) is 2.83. The van der Waals surface area contributed by atoms with Crippen LogP contribution in [0.1, 0.15) is 22.5 Å². The standard InChI is InChI=1S/C16H15N5O/c1-9-5-14(12(7-17)10(2)19-9)18-8-11-3-4-13-15(6-11)21-16(22)20-13/h3-6H,8H2,1-2H3,(H,18,19)(H2,20,21,22). The van der Waals surface area contributed by atoms with Crippen LogP contribution < -0.4 is 11.0 Å². The van der Waals surface area contributed by atoms with E-state index < -0.39 is 0 Å². The van der Waals surface area contributed by atoms with Gasteiger partial charge in [-0.25, -0.2) is 4.79 Å². The Morgan fingerprint density at radius 1 is 1.23 bits per heavy atom. The molecule has 110 valence electrons. The van der Waals surface area contributed by atoms with Gasteiger partial charge < -0.3 is 15.3 Å². The Balaban J connectivity index is 1.88. The maximum absolute atomic E-state index is 11.3. The van der Waals surface area contributed by atoms with E-state index in [2.05, 4.69) is 26.3 Å². The van der Waals surface area contributed by atoms with Gasteiger partial charge in [0, 0.05) is 12.2 Å². The van der Waals surface area contributed by atoms with Gasteiger partial charge in [0.1, 0.15) is 6.07 Å². The van der Waals surface area contributed by atoms with E-state index in [4.69, 9.17) is 0 Å². The van der Waals surface area contributed by atoms with E-state index in [1.807, 2.05) is 38.1 Å². The highest BCUT2D eigenvalue weighted by Crippen LogP contribution is 2.20. The molecule has 3 aromatic rings. The Kier molecular flexibility index (Phi) is 3.39. The quantitative estimate of drug-likeness (QED) is 0.690. The summed E-state index contributed by atoms with van der Waals surface area (Å²) in [7, 11) is 0. The molecule has 0 saturated carbocycles. The summed E-state index contributed by atoms with van der Waals surface area (Å²) in [6.07, 6.45) is 0. The second kappa shape index (κ2) is 5.37. The lowest BCUT2D eigenvalue weighted by atomic mass is 10.1. The van der Waals surface area contributed by atoms with Crippen molar-refractivity contribution in [2.45, 2.75) is 20.4 Å². The second-order valence-corrected chi connectivity index (χ2v) is 5.20. The van der Waals surface area contributed by atoms with E-state index in [0.29, 0.717) is 12.1 Å². The third-order valence-corrected chi connectivity index (χ3v) is 3.50. The summed E-state index contributed by atoms with van der Waals surface area (Å²) in [5.41, 5.74) is 5.26. The topological polar surface area (TPSA) is 97.4 Å². The summed E-state index contributed by atoms with van der Waals surface area (Å²) in [4.78, 5) is 21.0. The molecule has 0 aliphatic heterocycles. The van der Waals surface area contributed by atoms with E-state index in [1.165, 1.54) is 0 Å². The van der Waals surface area contributed by atoms with Gasteiger partial charge in [0.25, 0.3) is 0 Å². The number of imidazole rings is 1. The molecule has 6 heteroatoms. The van der Waals surface area contributed by atoms with Crippen molar-refractivity contribution in [1.29, 1.82) is 5.26 Å². The number of hydrogen-bond acceptors (Lipinski definition) is 4. The van der Waals surface area contributed by atoms with Crippen molar-refractivity contribution in [2.24, 2.45) is 0 Å². The lowest BCUT2D eigenvalue weighted by molar-refractivity contribution is 1.08. The molecule has 1 aromatic carbocycles. The number of anilines is 1. The Morgan fingerprint density at radius 2 is 2.00 bits per heavy atom. The molecule has 22 heavy (non-hydrogen) atoms. The Morgan fingerprint density at radius 3 is 2.77 bits per heavy atom. The zero-order valence-electron chi connectivity index (χ0n) is 12.3. The van der Waals surface area contributed by atoms with E-state index in [1.54, 1.807) is 0 Å². The largest absolute Gasteiger partial charge is 0.380 e. The maximum atomic E-state index is 11.3. The molecule has 3 rings (SSSR count). The molecule has 0 aliphatic carbocycles. The summed E-state index contributed by atoms with van der Waals surface area (Å²) >= 11 is 0. The number of aromatic nitrogens is 3. The van der Waals surface area contributed by atoms with Gasteiger partial charge in [0.2, 0.25) is 0 Å². The highest BCUT2D eigenvalue weighted by Gasteiger charge is 2.08. The fraction of sp³-hybridized carbons (Fsp3) is 0.188. The molecule has 6 nitrogen and oxygen atoms in total. The molecule has 2 aromatic heterocycles. The predicted octanol–water partition coefficient (Wildman–Crippen LogP) is 2.35. The third kappa shape index (κ3) is 2.56. The van der Waals surface area contributed by atoms with Crippen molar-refractivity contribution in [3.05, 3.63) is 57.3 Å². The zero-order valence-corrected chi connectivity index (χ0v) is 12.3. The van der Waals surface area contributed by atoms with Crippen LogP contribution in [0.3, 0.4) is 0 Å². The number of rotatable bonds is 3. The van der Waals surface area contributed by atoms with Crippen LogP contribution >= 0.6 is 0 Å². The van der Waals surface area contributed by atoms with Crippen molar-refractivity contribution in [1.82, 2.24) is 15.0 Å². The van der Waals surface area contributed by atoms with Gasteiger partial charge in [0.15, 0.2) is 0 Å². The van der Waals surface area contributed by atoms with Crippen LogP contribution in [-0.2, 0) is 6.54 Å². The van der Waals surface area contributed by atoms with Gasteiger partial charge >= 0.3 is 5.69 Å². The number of benzene rings is 1. The first kappa shape index (κ1) is 13.9. The Bertz CT molecular complexity index is 945. The van der Waals surface area contributed by atoms with Gasteiger partial charge in [-0.3, -0.25) is 4.98 Å². The van der Waals surface area contributed by atoms with Crippen molar-refractivity contribution < 1.29 is 0 Å². The monoisotopic (exact) mass is 293 g/mol. The van der Waals surface area contributed by atoms with Crippen LogP contribution in [0.4, 0.5) is 5.69 Å². The highest BCUT2D eigenvalue weighted by molar-refractivity contribution is 5.75. The fourth-order valence-electron chi connectivity index (χ4n) is 2.50. The van der Waals surface area contributed by atoms with Gasteiger partial charge in [-0.15, -0.1) is 0 Å². The van der Waals surface area contributed by atoms with Crippen LogP contribution in [0.25, 0.3) is 11.0 Å². The minimum absolute atomic E-state index is 0.216. The smallest absolute Gasteiger partial charge is 0.323 e. The van der Waals surface area contributed by atoms with E-state index in [-0.39, 0.29) is 5.69 Å². The van der Waals surface area contributed by atoms with Crippen LogP contribution in [0.2, 0.25) is 0 Å². The van der Waals surface area contributed by atoms with Crippen LogP contribution in [0.15, 0.2) is 29.1 Å². The molecule has 0 atom stereocenters. The van der Waals surface area contributed by atoms with Crippen molar-refractivity contribution >= 4 is 16.7 Å². The lowest BCUT2D eigenvalue weighted by Crippen LogP contribution is -2.04. The molecule has 0 fully saturated rings. The van der Waals surface area contributed by atoms with Gasteiger partial charge in [-0.1, -0.05) is 6.07 Å². The maximum Gasteiger partial charge on any atom is 0.323 e. The van der Waals surface area contributed by atoms with Crippen LogP contribution in [0.5, 0.6) is 0 Å². The lowest BCUT2D eigenvalue weighted by Gasteiger charge is -2.11. The molecule has 0 saturated heterocycles. The van der Waals surface area contributed by atoms with Crippen molar-refractivity contribution in [3.8, 4) is 6.07 Å². The fourth-order valence-corrected chi connectivity index (χ4v) is 2.50. The molecule has 3 N–H and O–H groups in total. The first-order valence-corrected chi connectivity index (χ1v) is 6.90. The highest BCUT2D eigenvalue weighted by atomic mass is 16.1. The predicted molar refractivity (Wildman–Crippen MR) is 84.7 cm³/mol. The molecule has 0 amide bonds. The van der Waals surface area contributed by atoms with Gasteiger partial charge in [-0.05, 0) is 37.6 Å². The molecule has 0 radical (unpaired) electrons. The molecule has 0 bridgehead atoms. The normalized spacial score (nSPS) is 10.6.